The Morgan fingerprint density at radius 1 is 0.583 bits per heavy atom. The first-order chi connectivity index (χ1) is 5.46. The Kier molecular flexibility index (Phi) is 5.65. The number of rotatable bonds is 0. The summed E-state index contributed by atoms with van der Waals surface area (Å²) in [7, 11) is 0. The van der Waals surface area contributed by atoms with Crippen LogP contribution in [0.1, 0.15) is 0 Å². The van der Waals surface area contributed by atoms with Gasteiger partial charge in [-0.15, -0.1) is 25.3 Å². The van der Waals surface area contributed by atoms with Crippen molar-refractivity contribution < 1.29 is 0 Å². The third-order valence-electron chi connectivity index (χ3n) is 1.22. The number of thiol groups is 2. The van der Waals surface area contributed by atoms with E-state index in [4.69, 9.17) is 0 Å². The molecular formula is C6H2I4S2. The quantitative estimate of drug-likeness (QED) is 0.229. The average molecular weight is 646 g/mol. The summed E-state index contributed by atoms with van der Waals surface area (Å²) in [5, 5.41) is 0. The van der Waals surface area contributed by atoms with Gasteiger partial charge in [0.25, 0.3) is 0 Å². The van der Waals surface area contributed by atoms with E-state index in [0.717, 1.165) is 9.79 Å². The van der Waals surface area contributed by atoms with Gasteiger partial charge in [0.2, 0.25) is 0 Å². The lowest BCUT2D eigenvalue weighted by molar-refractivity contribution is 1.20. The van der Waals surface area contributed by atoms with Crippen LogP contribution in [0, 0.1) is 14.3 Å². The zero-order valence-electron chi connectivity index (χ0n) is 5.41. The maximum absolute atomic E-state index is 4.44. The first-order valence-electron chi connectivity index (χ1n) is 2.70. The van der Waals surface area contributed by atoms with E-state index < -0.39 is 0 Å². The van der Waals surface area contributed by atoms with Crippen molar-refractivity contribution in [3.63, 3.8) is 0 Å². The molecule has 0 aliphatic rings. The molecule has 0 saturated heterocycles. The molecule has 0 N–H and O–H groups in total. The predicted octanol–water partition coefficient (Wildman–Crippen LogP) is 4.68. The van der Waals surface area contributed by atoms with Crippen molar-refractivity contribution in [3.8, 4) is 0 Å². The van der Waals surface area contributed by atoms with Gasteiger partial charge in [0.1, 0.15) is 0 Å². The normalized spacial score (nSPS) is 10.5. The topological polar surface area (TPSA) is 0 Å². The fraction of sp³-hybridized carbons (Fsp3) is 0. The molecule has 0 saturated carbocycles. The fourth-order valence-corrected chi connectivity index (χ4v) is 5.10. The van der Waals surface area contributed by atoms with E-state index in [1.165, 1.54) is 14.3 Å². The van der Waals surface area contributed by atoms with Crippen molar-refractivity contribution in [1.82, 2.24) is 0 Å². The number of hydrogen-bond donors (Lipinski definition) is 2. The minimum Gasteiger partial charge on any atom is -0.141 e. The molecule has 12 heavy (non-hydrogen) atoms. The molecule has 0 aromatic heterocycles. The van der Waals surface area contributed by atoms with E-state index in [1.54, 1.807) is 0 Å². The van der Waals surface area contributed by atoms with Crippen LogP contribution in [-0.2, 0) is 0 Å². The molecule has 0 atom stereocenters. The van der Waals surface area contributed by atoms with Gasteiger partial charge in [-0.25, -0.2) is 0 Å². The SMILES string of the molecule is Sc1c(I)c(I)c(S)c(I)c1I. The zero-order valence-corrected chi connectivity index (χ0v) is 15.8. The molecule has 0 fully saturated rings. The second-order valence-electron chi connectivity index (χ2n) is 1.95. The van der Waals surface area contributed by atoms with Crippen molar-refractivity contribution in [2.24, 2.45) is 0 Å². The highest BCUT2D eigenvalue weighted by molar-refractivity contribution is 14.1. The van der Waals surface area contributed by atoms with Crippen LogP contribution in [0.5, 0.6) is 0 Å². The van der Waals surface area contributed by atoms with Gasteiger partial charge < -0.3 is 0 Å². The molecule has 1 aromatic rings. The van der Waals surface area contributed by atoms with E-state index in [0.29, 0.717) is 0 Å². The van der Waals surface area contributed by atoms with Crippen molar-refractivity contribution in [1.29, 1.82) is 0 Å². The van der Waals surface area contributed by atoms with Crippen LogP contribution < -0.4 is 0 Å². The highest BCUT2D eigenvalue weighted by atomic mass is 127. The van der Waals surface area contributed by atoms with Crippen LogP contribution in [0.25, 0.3) is 0 Å². The molecular weight excluding hydrogens is 644 g/mol. The standard InChI is InChI=1S/C6H2I4S2/c7-1-2(8)6(12)4(10)3(9)5(1)11/h11-12H. The molecule has 0 amide bonds. The van der Waals surface area contributed by atoms with E-state index in [1.807, 2.05) is 0 Å². The van der Waals surface area contributed by atoms with Gasteiger partial charge in [-0.3, -0.25) is 0 Å². The van der Waals surface area contributed by atoms with E-state index in [-0.39, 0.29) is 0 Å². The molecule has 0 unspecified atom stereocenters. The number of benzene rings is 1. The number of hydrogen-bond acceptors (Lipinski definition) is 2. The molecule has 0 radical (unpaired) electrons. The van der Waals surface area contributed by atoms with E-state index in [9.17, 15) is 0 Å². The van der Waals surface area contributed by atoms with Crippen LogP contribution in [0.15, 0.2) is 9.79 Å². The van der Waals surface area contributed by atoms with Gasteiger partial charge in [-0.2, -0.15) is 0 Å². The van der Waals surface area contributed by atoms with Crippen molar-refractivity contribution in [3.05, 3.63) is 14.3 Å². The summed E-state index contributed by atoms with van der Waals surface area (Å²) < 4.78 is 4.75. The van der Waals surface area contributed by atoms with Crippen LogP contribution >= 0.6 is 116 Å². The predicted molar refractivity (Wildman–Crippen MR) is 91.8 cm³/mol. The van der Waals surface area contributed by atoms with Gasteiger partial charge in [-0.1, -0.05) is 0 Å². The monoisotopic (exact) mass is 646 g/mol. The summed E-state index contributed by atoms with van der Waals surface area (Å²) in [6.07, 6.45) is 0. The second kappa shape index (κ2) is 5.25. The Bertz CT molecular complexity index is 232. The van der Waals surface area contributed by atoms with Crippen molar-refractivity contribution in [2.75, 3.05) is 0 Å². The number of halogens is 4. The lowest BCUT2D eigenvalue weighted by atomic mass is 10.4. The molecule has 1 rings (SSSR count). The van der Waals surface area contributed by atoms with Crippen molar-refractivity contribution in [2.45, 2.75) is 9.79 Å². The maximum Gasteiger partial charge on any atom is 0.0420 e. The Labute approximate surface area is 137 Å². The van der Waals surface area contributed by atoms with Gasteiger partial charge >= 0.3 is 0 Å². The summed E-state index contributed by atoms with van der Waals surface area (Å²) >= 11 is 18.1. The largest absolute Gasteiger partial charge is 0.141 e. The summed E-state index contributed by atoms with van der Waals surface area (Å²) in [5.41, 5.74) is 0. The summed E-state index contributed by atoms with van der Waals surface area (Å²) in [6.45, 7) is 0. The zero-order chi connectivity index (χ0) is 9.46. The minimum absolute atomic E-state index is 1.06. The Balaban J connectivity index is 3.60. The third-order valence-corrected chi connectivity index (χ3v) is 10.2. The molecule has 0 aliphatic heterocycles. The first kappa shape index (κ1) is 12.9. The van der Waals surface area contributed by atoms with Crippen LogP contribution in [0.2, 0.25) is 0 Å². The summed E-state index contributed by atoms with van der Waals surface area (Å²) in [6, 6.07) is 0. The van der Waals surface area contributed by atoms with E-state index in [2.05, 4.69) is 116 Å². The molecule has 0 aliphatic carbocycles. The highest BCUT2D eigenvalue weighted by Gasteiger charge is 2.13. The molecule has 0 heterocycles. The molecule has 66 valence electrons. The maximum atomic E-state index is 4.44. The smallest absolute Gasteiger partial charge is 0.0420 e. The third kappa shape index (κ3) is 2.50. The summed E-state index contributed by atoms with van der Waals surface area (Å²) in [5.74, 6) is 0. The van der Waals surface area contributed by atoms with Gasteiger partial charge in [0.15, 0.2) is 0 Å². The average Bonchev–Trinajstić information content (AvgIpc) is 2.08. The highest BCUT2D eigenvalue weighted by Crippen LogP contribution is 2.36. The lowest BCUT2D eigenvalue weighted by Crippen LogP contribution is -1.94. The van der Waals surface area contributed by atoms with Crippen molar-refractivity contribution >= 4 is 116 Å². The van der Waals surface area contributed by atoms with Gasteiger partial charge in [-0.05, 0) is 90.4 Å². The first-order valence-corrected chi connectivity index (χ1v) is 7.91. The van der Waals surface area contributed by atoms with Crippen LogP contribution in [-0.4, -0.2) is 0 Å². The van der Waals surface area contributed by atoms with Gasteiger partial charge in [0, 0.05) is 24.1 Å². The molecule has 1 aromatic carbocycles. The Morgan fingerprint density at radius 2 is 0.750 bits per heavy atom. The Morgan fingerprint density at radius 3 is 0.917 bits per heavy atom. The van der Waals surface area contributed by atoms with Gasteiger partial charge in [0.05, 0.1) is 0 Å². The molecule has 0 spiro atoms. The lowest BCUT2D eigenvalue weighted by Gasteiger charge is -2.09. The molecule has 0 nitrogen and oxygen atoms in total. The minimum atomic E-state index is 1.06. The molecule has 6 heteroatoms. The summed E-state index contributed by atoms with van der Waals surface area (Å²) in [4.78, 5) is 2.12. The second-order valence-corrected chi connectivity index (χ2v) is 7.16. The van der Waals surface area contributed by atoms with E-state index >= 15 is 0 Å². The molecule has 0 bridgehead atoms. The van der Waals surface area contributed by atoms with Crippen LogP contribution in [0.3, 0.4) is 0 Å². The fourth-order valence-electron chi connectivity index (χ4n) is 0.609. The van der Waals surface area contributed by atoms with Crippen LogP contribution in [0.4, 0.5) is 0 Å². The Hall–Kier alpha value is 2.84.